The highest BCUT2D eigenvalue weighted by Gasteiger charge is 2.18. The molecule has 0 heterocycles. The van der Waals surface area contributed by atoms with Gasteiger partial charge in [0, 0.05) is 47.0 Å². The Morgan fingerprint density at radius 2 is 0.833 bits per heavy atom. The minimum atomic E-state index is 0.0544. The van der Waals surface area contributed by atoms with Gasteiger partial charge in [0.05, 0.1) is 0 Å². The van der Waals surface area contributed by atoms with E-state index in [0.717, 1.165) is 50.1 Å². The number of benzene rings is 4. The molecule has 0 bridgehead atoms. The maximum atomic E-state index is 13.6. The molecule has 0 amide bonds. The third-order valence-corrected chi connectivity index (χ3v) is 8.16. The number of aryl methyl sites for hydroxylation is 6. The van der Waals surface area contributed by atoms with Crippen molar-refractivity contribution in [2.24, 2.45) is 0 Å². The van der Waals surface area contributed by atoms with Crippen molar-refractivity contribution in [2.45, 2.75) is 81.1 Å². The van der Waals surface area contributed by atoms with Crippen molar-refractivity contribution in [1.82, 2.24) is 0 Å². The van der Waals surface area contributed by atoms with E-state index in [0.29, 0.717) is 11.1 Å². The summed E-state index contributed by atoms with van der Waals surface area (Å²) < 4.78 is 0. The van der Waals surface area contributed by atoms with Crippen molar-refractivity contribution in [3.8, 4) is 0 Å². The van der Waals surface area contributed by atoms with Crippen LogP contribution in [0.2, 0.25) is 0 Å². The Morgan fingerprint density at radius 3 is 1.12 bits per heavy atom. The first-order valence-corrected chi connectivity index (χ1v) is 15.6. The lowest BCUT2D eigenvalue weighted by Gasteiger charge is -2.29. The number of nitrogens with zero attached hydrogens (tertiary/aromatic N) is 2. The first kappa shape index (κ1) is 31.1. The standard InChI is InChI=1S/C39H48N2O/c1-9-11-21-40(37-29(5)23-27(3)24-30(37)6)35-17-13-33(14-18-35)39(42)34-15-19-36(20-16-34)41(22-12-10-2)38-31(7)25-28(4)26-32(38)8/h13-20,23-26H,9-12,21-22H2,1-8H3. The highest BCUT2D eigenvalue weighted by Crippen LogP contribution is 2.35. The van der Waals surface area contributed by atoms with Crippen molar-refractivity contribution in [3.63, 3.8) is 0 Å². The smallest absolute Gasteiger partial charge is 0.193 e. The van der Waals surface area contributed by atoms with E-state index in [9.17, 15) is 4.79 Å². The van der Waals surface area contributed by atoms with E-state index in [1.54, 1.807) is 0 Å². The largest absolute Gasteiger partial charge is 0.341 e. The van der Waals surface area contributed by atoms with Crippen molar-refractivity contribution in [3.05, 3.63) is 117 Å². The summed E-state index contributed by atoms with van der Waals surface area (Å²) >= 11 is 0. The summed E-state index contributed by atoms with van der Waals surface area (Å²) in [6.45, 7) is 19.4. The SMILES string of the molecule is CCCCN(c1ccc(C(=O)c2ccc(N(CCCC)c3c(C)cc(C)cc3C)cc2)cc1)c1c(C)cc(C)cc1C. The minimum absolute atomic E-state index is 0.0544. The maximum Gasteiger partial charge on any atom is 0.193 e. The average Bonchev–Trinajstić information content (AvgIpc) is 2.95. The third kappa shape index (κ3) is 6.95. The van der Waals surface area contributed by atoms with E-state index in [2.05, 4.69) is 114 Å². The number of unbranched alkanes of at least 4 members (excludes halogenated alkanes) is 2. The van der Waals surface area contributed by atoms with E-state index in [4.69, 9.17) is 0 Å². The summed E-state index contributed by atoms with van der Waals surface area (Å²) in [5.74, 6) is 0.0544. The van der Waals surface area contributed by atoms with Crippen LogP contribution in [0.1, 0.15) is 88.8 Å². The molecular formula is C39H48N2O. The zero-order valence-corrected chi connectivity index (χ0v) is 27.0. The zero-order valence-electron chi connectivity index (χ0n) is 27.0. The van der Waals surface area contributed by atoms with Crippen LogP contribution in [0.3, 0.4) is 0 Å². The van der Waals surface area contributed by atoms with Gasteiger partial charge in [0.15, 0.2) is 5.78 Å². The molecule has 0 fully saturated rings. The topological polar surface area (TPSA) is 23.6 Å². The molecule has 3 heteroatoms. The highest BCUT2D eigenvalue weighted by atomic mass is 16.1. The number of ketones is 1. The van der Waals surface area contributed by atoms with Crippen molar-refractivity contribution >= 4 is 28.5 Å². The predicted molar refractivity (Wildman–Crippen MR) is 181 cm³/mol. The number of carbonyl (C=O) groups is 1. The Bertz CT molecular complexity index is 1350. The molecule has 0 unspecified atom stereocenters. The molecule has 0 radical (unpaired) electrons. The van der Waals surface area contributed by atoms with Crippen molar-refractivity contribution in [2.75, 3.05) is 22.9 Å². The number of carbonyl (C=O) groups excluding carboxylic acids is 1. The molecule has 0 aromatic heterocycles. The van der Waals surface area contributed by atoms with Gasteiger partial charge in [-0.3, -0.25) is 4.79 Å². The summed E-state index contributed by atoms with van der Waals surface area (Å²) in [6.07, 6.45) is 4.48. The Hall–Kier alpha value is -3.85. The highest BCUT2D eigenvalue weighted by molar-refractivity contribution is 6.09. The second-order valence-electron chi connectivity index (χ2n) is 11.9. The molecule has 0 aliphatic heterocycles. The number of anilines is 4. The van der Waals surface area contributed by atoms with Crippen LogP contribution in [-0.2, 0) is 0 Å². The minimum Gasteiger partial charge on any atom is -0.341 e. The van der Waals surface area contributed by atoms with E-state index in [1.165, 1.54) is 44.8 Å². The Kier molecular flexibility index (Phi) is 10.3. The zero-order chi connectivity index (χ0) is 30.4. The van der Waals surface area contributed by atoms with Crippen molar-refractivity contribution in [1.29, 1.82) is 0 Å². The molecule has 3 nitrogen and oxygen atoms in total. The summed E-state index contributed by atoms with van der Waals surface area (Å²) in [7, 11) is 0. The van der Waals surface area contributed by atoms with Gasteiger partial charge in [-0.2, -0.15) is 0 Å². The van der Waals surface area contributed by atoms with Gasteiger partial charge in [-0.1, -0.05) is 62.1 Å². The van der Waals surface area contributed by atoms with Crippen LogP contribution >= 0.6 is 0 Å². The van der Waals surface area contributed by atoms with Crippen LogP contribution in [0.15, 0.2) is 72.8 Å². The molecule has 4 rings (SSSR count). The average molecular weight is 561 g/mol. The molecule has 4 aromatic rings. The number of rotatable bonds is 12. The van der Waals surface area contributed by atoms with E-state index < -0.39 is 0 Å². The summed E-state index contributed by atoms with van der Waals surface area (Å²) in [6, 6.07) is 25.4. The van der Waals surface area contributed by atoms with Gasteiger partial charge in [0.2, 0.25) is 0 Å². The fourth-order valence-corrected chi connectivity index (χ4v) is 6.32. The molecule has 0 N–H and O–H groups in total. The Morgan fingerprint density at radius 1 is 0.524 bits per heavy atom. The van der Waals surface area contributed by atoms with Crippen LogP contribution in [0.5, 0.6) is 0 Å². The molecule has 220 valence electrons. The molecule has 42 heavy (non-hydrogen) atoms. The molecular weight excluding hydrogens is 512 g/mol. The monoisotopic (exact) mass is 560 g/mol. The predicted octanol–water partition coefficient (Wildman–Crippen LogP) is 10.6. The molecule has 0 aliphatic rings. The van der Waals surface area contributed by atoms with Crippen LogP contribution in [-0.4, -0.2) is 18.9 Å². The normalized spacial score (nSPS) is 11.0. The van der Waals surface area contributed by atoms with Gasteiger partial charge in [0.1, 0.15) is 0 Å². The maximum absolute atomic E-state index is 13.6. The fraction of sp³-hybridized carbons (Fsp3) is 0.359. The van der Waals surface area contributed by atoms with Crippen LogP contribution in [0.4, 0.5) is 22.7 Å². The van der Waals surface area contributed by atoms with E-state index >= 15 is 0 Å². The lowest BCUT2D eigenvalue weighted by Crippen LogP contribution is -2.21. The third-order valence-electron chi connectivity index (χ3n) is 8.16. The van der Waals surface area contributed by atoms with E-state index in [1.807, 2.05) is 24.3 Å². The van der Waals surface area contributed by atoms with Crippen LogP contribution < -0.4 is 9.80 Å². The molecule has 0 atom stereocenters. The fourth-order valence-electron chi connectivity index (χ4n) is 6.32. The number of hydrogen-bond donors (Lipinski definition) is 0. The molecule has 0 saturated carbocycles. The molecule has 0 saturated heterocycles. The second kappa shape index (κ2) is 13.9. The Labute approximate surface area is 254 Å². The summed E-state index contributed by atoms with van der Waals surface area (Å²) in [5.41, 5.74) is 13.9. The van der Waals surface area contributed by atoms with Crippen LogP contribution in [0.25, 0.3) is 0 Å². The van der Waals surface area contributed by atoms with Gasteiger partial charge < -0.3 is 9.80 Å². The molecule has 0 aliphatic carbocycles. The lowest BCUT2D eigenvalue weighted by molar-refractivity contribution is 0.103. The van der Waals surface area contributed by atoms with Gasteiger partial charge in [-0.25, -0.2) is 0 Å². The number of hydrogen-bond acceptors (Lipinski definition) is 3. The lowest BCUT2D eigenvalue weighted by atomic mass is 10.00. The molecule has 4 aromatic carbocycles. The second-order valence-corrected chi connectivity index (χ2v) is 11.9. The first-order chi connectivity index (χ1) is 20.1. The Balaban J connectivity index is 1.60. The summed E-state index contributed by atoms with van der Waals surface area (Å²) in [5, 5.41) is 0. The quantitative estimate of drug-likeness (QED) is 0.161. The van der Waals surface area contributed by atoms with Gasteiger partial charge >= 0.3 is 0 Å². The van der Waals surface area contributed by atoms with Gasteiger partial charge in [0.25, 0.3) is 0 Å². The van der Waals surface area contributed by atoms with E-state index in [-0.39, 0.29) is 5.78 Å². The molecule has 0 spiro atoms. The van der Waals surface area contributed by atoms with Crippen molar-refractivity contribution < 1.29 is 4.79 Å². The van der Waals surface area contributed by atoms with Gasteiger partial charge in [-0.15, -0.1) is 0 Å². The van der Waals surface area contributed by atoms with Gasteiger partial charge in [-0.05, 0) is 125 Å². The summed E-state index contributed by atoms with van der Waals surface area (Å²) in [4.78, 5) is 18.4. The van der Waals surface area contributed by atoms with Crippen LogP contribution in [0, 0.1) is 41.5 Å². The first-order valence-electron chi connectivity index (χ1n) is 15.6.